The Kier molecular flexibility index (Phi) is 4.84. The molecule has 0 aliphatic carbocycles. The minimum atomic E-state index is -0.00583. The maximum absolute atomic E-state index is 11.1. The first-order valence-corrected chi connectivity index (χ1v) is 3.86. The van der Waals surface area contributed by atoms with Gasteiger partial charge in [0.25, 0.3) is 0 Å². The highest BCUT2D eigenvalue weighted by molar-refractivity contribution is 5.99. The topological polar surface area (TPSA) is 41.1 Å². The zero-order valence-corrected chi connectivity index (χ0v) is 8.06. The normalized spacial score (nSPS) is 12.7. The molecule has 0 rings (SSSR count). The van der Waals surface area contributed by atoms with Crippen molar-refractivity contribution < 1.29 is 4.79 Å². The Labute approximate surface area is 73.5 Å². The van der Waals surface area contributed by atoms with E-state index in [2.05, 4.69) is 10.6 Å². The average molecular weight is 168 g/mol. The smallest absolute Gasteiger partial charge is 0.182 e. The van der Waals surface area contributed by atoms with E-state index in [4.69, 9.17) is 0 Å². The van der Waals surface area contributed by atoms with Crippen LogP contribution in [0.1, 0.15) is 13.8 Å². The van der Waals surface area contributed by atoms with Crippen LogP contribution in [0.4, 0.5) is 0 Å². The predicted molar refractivity (Wildman–Crippen MR) is 50.6 cm³/mol. The van der Waals surface area contributed by atoms with E-state index in [1.165, 1.54) is 0 Å². The third kappa shape index (κ3) is 4.55. The first kappa shape index (κ1) is 10.8. The van der Waals surface area contributed by atoms with Gasteiger partial charge in [0.05, 0.1) is 0 Å². The van der Waals surface area contributed by atoms with Crippen molar-refractivity contribution in [2.75, 3.05) is 14.1 Å². The van der Waals surface area contributed by atoms with Crippen LogP contribution in [0.5, 0.6) is 0 Å². The molecule has 3 heteroatoms. The van der Waals surface area contributed by atoms with Crippen molar-refractivity contribution in [1.82, 2.24) is 10.6 Å². The Morgan fingerprint density at radius 3 is 1.58 bits per heavy atom. The molecule has 68 valence electrons. The summed E-state index contributed by atoms with van der Waals surface area (Å²) in [5, 5.41) is 5.76. The molecule has 0 aromatic carbocycles. The lowest BCUT2D eigenvalue weighted by atomic mass is 10.3. The molecule has 0 amide bonds. The van der Waals surface area contributed by atoms with Gasteiger partial charge in [0.1, 0.15) is 0 Å². The van der Waals surface area contributed by atoms with Gasteiger partial charge >= 0.3 is 0 Å². The second-order valence-electron chi connectivity index (χ2n) is 2.56. The number of allylic oxidation sites excluding steroid dienone is 4. The highest BCUT2D eigenvalue weighted by atomic mass is 16.1. The summed E-state index contributed by atoms with van der Waals surface area (Å²) in [6, 6.07) is 0. The minimum Gasteiger partial charge on any atom is -0.392 e. The van der Waals surface area contributed by atoms with Gasteiger partial charge in [-0.15, -0.1) is 0 Å². The van der Waals surface area contributed by atoms with Gasteiger partial charge in [-0.2, -0.15) is 0 Å². The molecule has 0 aliphatic heterocycles. The van der Waals surface area contributed by atoms with Crippen LogP contribution in [0.25, 0.3) is 0 Å². The first-order chi connectivity index (χ1) is 5.60. The minimum absolute atomic E-state index is 0.00583. The predicted octanol–water partition coefficient (Wildman–Crippen LogP) is 0.802. The third-order valence-electron chi connectivity index (χ3n) is 1.51. The molecule has 3 nitrogen and oxygen atoms in total. The Balaban J connectivity index is 4.24. The Morgan fingerprint density at radius 2 is 1.33 bits per heavy atom. The van der Waals surface area contributed by atoms with E-state index in [1.807, 2.05) is 13.8 Å². The molecule has 0 unspecified atom stereocenters. The first-order valence-electron chi connectivity index (χ1n) is 3.86. The van der Waals surface area contributed by atoms with Gasteiger partial charge in [-0.25, -0.2) is 0 Å². The van der Waals surface area contributed by atoms with Gasteiger partial charge in [-0.1, -0.05) is 0 Å². The maximum Gasteiger partial charge on any atom is 0.182 e. The monoisotopic (exact) mass is 168 g/mol. The molecule has 0 atom stereocenters. The molecule has 0 spiro atoms. The molecule has 0 heterocycles. The number of hydrogen-bond acceptors (Lipinski definition) is 3. The summed E-state index contributed by atoms with van der Waals surface area (Å²) >= 11 is 0. The van der Waals surface area contributed by atoms with Gasteiger partial charge < -0.3 is 10.6 Å². The van der Waals surface area contributed by atoms with Crippen LogP contribution in [-0.4, -0.2) is 19.9 Å². The molecule has 0 fully saturated rings. The van der Waals surface area contributed by atoms with Crippen LogP contribution >= 0.6 is 0 Å². The molecule has 0 radical (unpaired) electrons. The van der Waals surface area contributed by atoms with E-state index in [9.17, 15) is 4.79 Å². The van der Waals surface area contributed by atoms with Crippen molar-refractivity contribution in [2.24, 2.45) is 0 Å². The molecule has 0 aliphatic rings. The Hall–Kier alpha value is -1.25. The largest absolute Gasteiger partial charge is 0.392 e. The van der Waals surface area contributed by atoms with Gasteiger partial charge in [-0.05, 0) is 13.8 Å². The van der Waals surface area contributed by atoms with Crippen molar-refractivity contribution in [3.63, 3.8) is 0 Å². The lowest BCUT2D eigenvalue weighted by Crippen LogP contribution is -2.07. The molecule has 0 saturated heterocycles. The van der Waals surface area contributed by atoms with E-state index in [1.54, 1.807) is 26.2 Å². The number of hydrogen-bond donors (Lipinski definition) is 2. The lowest BCUT2D eigenvalue weighted by Gasteiger charge is -1.98. The van der Waals surface area contributed by atoms with Crippen molar-refractivity contribution in [3.8, 4) is 0 Å². The second kappa shape index (κ2) is 5.41. The Morgan fingerprint density at radius 1 is 1.00 bits per heavy atom. The van der Waals surface area contributed by atoms with Crippen molar-refractivity contribution in [2.45, 2.75) is 13.8 Å². The van der Waals surface area contributed by atoms with E-state index in [0.29, 0.717) is 0 Å². The Bertz CT molecular complexity index is 195. The molecule has 0 aromatic heterocycles. The third-order valence-corrected chi connectivity index (χ3v) is 1.51. The number of rotatable bonds is 4. The van der Waals surface area contributed by atoms with Crippen LogP contribution < -0.4 is 10.6 Å². The summed E-state index contributed by atoms with van der Waals surface area (Å²) < 4.78 is 0. The summed E-state index contributed by atoms with van der Waals surface area (Å²) in [5.74, 6) is -0.00583. The molecule has 12 heavy (non-hydrogen) atoms. The van der Waals surface area contributed by atoms with Crippen LogP contribution in [0, 0.1) is 0 Å². The van der Waals surface area contributed by atoms with Gasteiger partial charge in [0.2, 0.25) is 0 Å². The van der Waals surface area contributed by atoms with E-state index in [-0.39, 0.29) is 5.78 Å². The highest BCUT2D eigenvalue weighted by Gasteiger charge is 1.93. The summed E-state index contributed by atoms with van der Waals surface area (Å²) in [6.45, 7) is 3.70. The maximum atomic E-state index is 11.1. The highest BCUT2D eigenvalue weighted by Crippen LogP contribution is 1.91. The van der Waals surface area contributed by atoms with Crippen molar-refractivity contribution in [1.29, 1.82) is 0 Å². The molecule has 0 aromatic rings. The fourth-order valence-corrected chi connectivity index (χ4v) is 0.613. The standard InChI is InChI=1S/C9H16N2O/c1-7(10-3)5-9(12)6-8(2)11-4/h5-6,10-11H,1-4H3/b7-5+,8-6+. The van der Waals surface area contributed by atoms with Crippen LogP contribution in [0.2, 0.25) is 0 Å². The fraction of sp³-hybridized carbons (Fsp3) is 0.444. The van der Waals surface area contributed by atoms with Gasteiger partial charge in [0.15, 0.2) is 5.78 Å². The van der Waals surface area contributed by atoms with E-state index >= 15 is 0 Å². The van der Waals surface area contributed by atoms with Crippen LogP contribution in [0.15, 0.2) is 23.5 Å². The summed E-state index contributed by atoms with van der Waals surface area (Å²) in [7, 11) is 3.57. The average Bonchev–Trinajstić information content (AvgIpc) is 2.03. The lowest BCUT2D eigenvalue weighted by molar-refractivity contribution is -0.110. The molecule has 0 bridgehead atoms. The van der Waals surface area contributed by atoms with Crippen molar-refractivity contribution in [3.05, 3.63) is 23.5 Å². The van der Waals surface area contributed by atoms with E-state index in [0.717, 1.165) is 11.4 Å². The van der Waals surface area contributed by atoms with Gasteiger partial charge in [-0.3, -0.25) is 4.79 Å². The SMILES string of the molecule is CN/C(C)=C/C(=O)/C=C(\C)NC. The molecular formula is C9H16N2O. The zero-order chi connectivity index (χ0) is 9.56. The quantitative estimate of drug-likeness (QED) is 0.610. The number of nitrogens with one attached hydrogen (secondary N) is 2. The number of carbonyl (C=O) groups excluding carboxylic acids is 1. The molecular weight excluding hydrogens is 152 g/mol. The summed E-state index contributed by atoms with van der Waals surface area (Å²) in [4.78, 5) is 11.1. The van der Waals surface area contributed by atoms with Crippen LogP contribution in [0.3, 0.4) is 0 Å². The molecule has 2 N–H and O–H groups in total. The fourth-order valence-electron chi connectivity index (χ4n) is 0.613. The number of ketones is 1. The summed E-state index contributed by atoms with van der Waals surface area (Å²) in [6.07, 6.45) is 3.11. The van der Waals surface area contributed by atoms with Crippen LogP contribution in [-0.2, 0) is 4.79 Å². The second-order valence-corrected chi connectivity index (χ2v) is 2.56. The molecule has 0 saturated carbocycles. The van der Waals surface area contributed by atoms with Gasteiger partial charge in [0, 0.05) is 37.6 Å². The summed E-state index contributed by atoms with van der Waals surface area (Å²) in [5.41, 5.74) is 1.72. The number of carbonyl (C=O) groups is 1. The zero-order valence-electron chi connectivity index (χ0n) is 8.06. The van der Waals surface area contributed by atoms with E-state index < -0.39 is 0 Å². The van der Waals surface area contributed by atoms with Crippen molar-refractivity contribution >= 4 is 5.78 Å².